The summed E-state index contributed by atoms with van der Waals surface area (Å²) in [7, 11) is 1.57. The van der Waals surface area contributed by atoms with Gasteiger partial charge in [-0.05, 0) is 60.3 Å². The quantitative estimate of drug-likeness (QED) is 0.803. The third-order valence-corrected chi connectivity index (χ3v) is 6.05. The highest BCUT2D eigenvalue weighted by molar-refractivity contribution is 5.90. The molecule has 3 aliphatic rings. The van der Waals surface area contributed by atoms with E-state index in [0.717, 1.165) is 24.8 Å². The number of hydrogen-bond donors (Lipinski definition) is 1. The van der Waals surface area contributed by atoms with Gasteiger partial charge in [0, 0.05) is 12.3 Å². The zero-order valence-corrected chi connectivity index (χ0v) is 13.2. The van der Waals surface area contributed by atoms with Crippen LogP contribution in [0, 0.1) is 11.3 Å². The van der Waals surface area contributed by atoms with Gasteiger partial charge in [0.25, 0.3) is 0 Å². The number of carbonyl (C=O) groups is 1. The Morgan fingerprint density at radius 3 is 2.91 bits per heavy atom. The number of carbonyl (C=O) groups excluding carboxylic acids is 1. The summed E-state index contributed by atoms with van der Waals surface area (Å²) < 4.78 is 5.27. The monoisotopic (exact) mass is 298 g/mol. The van der Waals surface area contributed by atoms with Gasteiger partial charge in [0.1, 0.15) is 5.78 Å². The molecule has 22 heavy (non-hydrogen) atoms. The van der Waals surface area contributed by atoms with Crippen LogP contribution in [-0.4, -0.2) is 18.0 Å². The van der Waals surface area contributed by atoms with Crippen molar-refractivity contribution in [2.24, 2.45) is 11.3 Å². The molecule has 0 spiro atoms. The molecule has 3 heteroatoms. The maximum Gasteiger partial charge on any atom is 0.160 e. The van der Waals surface area contributed by atoms with Crippen LogP contribution in [0.1, 0.15) is 49.7 Å². The number of Topliss-reactive ketones (excluding diaryl/α,β-unsaturated/α-hetero) is 1. The lowest BCUT2D eigenvalue weighted by molar-refractivity contribution is -0.123. The van der Waals surface area contributed by atoms with E-state index < -0.39 is 0 Å². The number of allylic oxidation sites excluding steroid dienone is 2. The number of benzene rings is 1. The molecule has 4 rings (SSSR count). The average molecular weight is 298 g/mol. The van der Waals surface area contributed by atoms with Crippen molar-refractivity contribution in [1.29, 1.82) is 0 Å². The van der Waals surface area contributed by atoms with Gasteiger partial charge in [-0.1, -0.05) is 18.6 Å². The molecular weight excluding hydrogens is 276 g/mol. The molecule has 0 bridgehead atoms. The van der Waals surface area contributed by atoms with Crippen LogP contribution in [0.25, 0.3) is 0 Å². The van der Waals surface area contributed by atoms with Gasteiger partial charge in [0.2, 0.25) is 0 Å². The molecule has 0 heterocycles. The molecule has 3 nitrogen and oxygen atoms in total. The fraction of sp³-hybridized carbons (Fsp3) is 0.526. The minimum atomic E-state index is 0.0444. The molecule has 1 fully saturated rings. The van der Waals surface area contributed by atoms with Crippen LogP contribution in [0.4, 0.5) is 0 Å². The van der Waals surface area contributed by atoms with Crippen LogP contribution >= 0.6 is 0 Å². The first-order valence-corrected chi connectivity index (χ1v) is 8.16. The molecule has 1 saturated carbocycles. The maximum absolute atomic E-state index is 12.8. The highest BCUT2D eigenvalue weighted by Gasteiger charge is 2.49. The fourth-order valence-corrected chi connectivity index (χ4v) is 4.89. The van der Waals surface area contributed by atoms with Crippen molar-refractivity contribution >= 4 is 5.78 Å². The number of rotatable bonds is 1. The van der Waals surface area contributed by atoms with Crippen molar-refractivity contribution in [1.82, 2.24) is 0 Å². The Kier molecular flexibility index (Phi) is 2.91. The van der Waals surface area contributed by atoms with Crippen molar-refractivity contribution < 1.29 is 14.6 Å². The van der Waals surface area contributed by atoms with E-state index >= 15 is 0 Å². The molecular formula is C19H22O3. The summed E-state index contributed by atoms with van der Waals surface area (Å²) in [6, 6.07) is 3.67. The molecule has 1 N–H and O–H groups in total. The van der Waals surface area contributed by atoms with Crippen LogP contribution in [0.2, 0.25) is 0 Å². The average Bonchev–Trinajstić information content (AvgIpc) is 2.88. The smallest absolute Gasteiger partial charge is 0.160 e. The predicted octanol–water partition coefficient (Wildman–Crippen LogP) is 3.75. The Balaban J connectivity index is 1.83. The van der Waals surface area contributed by atoms with Gasteiger partial charge in [0.05, 0.1) is 7.11 Å². The normalized spacial score (nSPS) is 32.8. The highest BCUT2D eigenvalue weighted by atomic mass is 16.5. The summed E-state index contributed by atoms with van der Waals surface area (Å²) in [5.41, 5.74) is 3.79. The van der Waals surface area contributed by atoms with Gasteiger partial charge in [-0.2, -0.15) is 0 Å². The van der Waals surface area contributed by atoms with E-state index in [0.29, 0.717) is 18.0 Å². The van der Waals surface area contributed by atoms with Crippen molar-refractivity contribution in [3.63, 3.8) is 0 Å². The summed E-state index contributed by atoms with van der Waals surface area (Å²) >= 11 is 0. The molecule has 1 aromatic rings. The van der Waals surface area contributed by atoms with Crippen molar-refractivity contribution in [3.05, 3.63) is 34.9 Å². The third-order valence-electron chi connectivity index (χ3n) is 6.05. The zero-order chi connectivity index (χ0) is 15.5. The Morgan fingerprint density at radius 1 is 1.32 bits per heavy atom. The molecule has 0 amide bonds. The van der Waals surface area contributed by atoms with Gasteiger partial charge in [-0.15, -0.1) is 0 Å². The number of methoxy groups -OCH3 is 1. The van der Waals surface area contributed by atoms with E-state index in [-0.39, 0.29) is 23.0 Å². The molecule has 0 unspecified atom stereocenters. The minimum Gasteiger partial charge on any atom is -0.504 e. The number of phenolic OH excluding ortho intramolecular Hbond substituents is 1. The summed E-state index contributed by atoms with van der Waals surface area (Å²) in [5, 5.41) is 9.99. The topological polar surface area (TPSA) is 46.5 Å². The van der Waals surface area contributed by atoms with E-state index in [2.05, 4.69) is 13.0 Å². The second-order valence-corrected chi connectivity index (χ2v) is 7.25. The number of hydrogen-bond acceptors (Lipinski definition) is 3. The van der Waals surface area contributed by atoms with Crippen LogP contribution in [0.5, 0.6) is 11.5 Å². The second kappa shape index (κ2) is 4.61. The Morgan fingerprint density at radius 2 is 2.14 bits per heavy atom. The predicted molar refractivity (Wildman–Crippen MR) is 84.3 cm³/mol. The number of ketones is 1. The third kappa shape index (κ3) is 1.77. The fourth-order valence-electron chi connectivity index (χ4n) is 4.89. The maximum atomic E-state index is 12.8. The lowest BCUT2D eigenvalue weighted by Gasteiger charge is -2.45. The van der Waals surface area contributed by atoms with Crippen LogP contribution in [-0.2, 0) is 11.2 Å². The largest absolute Gasteiger partial charge is 0.504 e. The highest BCUT2D eigenvalue weighted by Crippen LogP contribution is 2.58. The molecule has 3 atom stereocenters. The first-order chi connectivity index (χ1) is 10.5. The van der Waals surface area contributed by atoms with E-state index in [4.69, 9.17) is 4.74 Å². The molecule has 3 aliphatic carbocycles. The van der Waals surface area contributed by atoms with Crippen LogP contribution < -0.4 is 4.74 Å². The lowest BCUT2D eigenvalue weighted by Crippen LogP contribution is -2.39. The van der Waals surface area contributed by atoms with Gasteiger partial charge in [-0.3, -0.25) is 4.79 Å². The number of fused-ring (bicyclic) bond motifs is 5. The van der Waals surface area contributed by atoms with E-state index in [1.807, 2.05) is 6.07 Å². The molecule has 116 valence electrons. The van der Waals surface area contributed by atoms with Gasteiger partial charge < -0.3 is 9.84 Å². The van der Waals surface area contributed by atoms with Crippen molar-refractivity contribution in [3.8, 4) is 11.5 Å². The standard InChI is InChI=1S/C19H22O3/c1-19-6-3-4-14(19)18-12(5-7-19)13-10-17(22-2)15(20)8-11(13)9-16(18)21/h4,8,10,12,18,20H,3,5-7,9H2,1-2H3/t12-,18-,19+/m1/s1. The minimum absolute atomic E-state index is 0.0444. The Labute approximate surface area is 131 Å². The number of phenols is 1. The SMILES string of the molecule is COc1cc2c(cc1O)CC(=O)[C@H]1C3=CCC[C@@]3(C)CC[C@H]21. The molecule has 1 aromatic carbocycles. The van der Waals surface area contributed by atoms with E-state index in [1.54, 1.807) is 13.2 Å². The lowest BCUT2D eigenvalue weighted by atomic mass is 9.58. The van der Waals surface area contributed by atoms with Crippen molar-refractivity contribution in [2.75, 3.05) is 7.11 Å². The Bertz CT molecular complexity index is 688. The van der Waals surface area contributed by atoms with E-state index in [1.165, 1.54) is 17.6 Å². The molecule has 0 saturated heterocycles. The first kappa shape index (κ1) is 13.9. The van der Waals surface area contributed by atoms with E-state index in [9.17, 15) is 9.90 Å². The molecule has 0 radical (unpaired) electrons. The van der Waals surface area contributed by atoms with Crippen LogP contribution in [0.15, 0.2) is 23.8 Å². The first-order valence-electron chi connectivity index (χ1n) is 8.16. The number of ether oxygens (including phenoxy) is 1. The molecule has 0 aliphatic heterocycles. The van der Waals surface area contributed by atoms with Crippen LogP contribution in [0.3, 0.4) is 0 Å². The number of aromatic hydroxyl groups is 1. The summed E-state index contributed by atoms with van der Waals surface area (Å²) in [6.45, 7) is 2.32. The zero-order valence-electron chi connectivity index (χ0n) is 13.2. The van der Waals surface area contributed by atoms with Gasteiger partial charge in [0.15, 0.2) is 11.5 Å². The summed E-state index contributed by atoms with van der Waals surface area (Å²) in [5.74, 6) is 1.26. The second-order valence-electron chi connectivity index (χ2n) is 7.25. The van der Waals surface area contributed by atoms with Gasteiger partial charge in [-0.25, -0.2) is 0 Å². The Hall–Kier alpha value is -1.77. The summed E-state index contributed by atoms with van der Waals surface area (Å²) in [4.78, 5) is 12.8. The van der Waals surface area contributed by atoms with Gasteiger partial charge >= 0.3 is 0 Å². The molecule has 0 aromatic heterocycles. The summed E-state index contributed by atoms with van der Waals surface area (Å²) in [6.07, 6.45) is 7.23. The van der Waals surface area contributed by atoms with Crippen molar-refractivity contribution in [2.45, 2.75) is 44.9 Å².